The summed E-state index contributed by atoms with van der Waals surface area (Å²) >= 11 is 1.26. The van der Waals surface area contributed by atoms with Gasteiger partial charge in [-0.15, -0.1) is 5.10 Å². The lowest BCUT2D eigenvalue weighted by Gasteiger charge is -2.03. The van der Waals surface area contributed by atoms with Crippen LogP contribution in [0, 0.1) is 0 Å². The molecule has 0 amide bonds. The molecule has 0 spiro atoms. The third-order valence-corrected chi connectivity index (χ3v) is 2.85. The third-order valence-electron chi connectivity index (χ3n) is 1.92. The minimum atomic E-state index is -0.245. The Kier molecular flexibility index (Phi) is 6.56. The fraction of sp³-hybridized carbons (Fsp3) is 0.778. The van der Waals surface area contributed by atoms with Gasteiger partial charge in [0.25, 0.3) is 0 Å². The minimum Gasteiger partial charge on any atom is -0.465 e. The number of ether oxygens (including phenoxy) is 1. The number of carbonyl (C=O) groups is 1. The van der Waals surface area contributed by atoms with Crippen molar-refractivity contribution in [3.8, 4) is 0 Å². The Morgan fingerprint density at radius 3 is 3.12 bits per heavy atom. The summed E-state index contributed by atoms with van der Waals surface area (Å²) in [6.45, 7) is 3.52. The van der Waals surface area contributed by atoms with Gasteiger partial charge in [-0.05, 0) is 16.8 Å². The Bertz CT molecular complexity index is 344. The van der Waals surface area contributed by atoms with Crippen LogP contribution in [0.1, 0.15) is 19.8 Å². The fourth-order valence-corrected chi connectivity index (χ4v) is 1.76. The van der Waals surface area contributed by atoms with Crippen LogP contribution < -0.4 is 5.73 Å². The highest BCUT2D eigenvalue weighted by Gasteiger charge is 2.09. The van der Waals surface area contributed by atoms with Gasteiger partial charge in [-0.25, -0.2) is 4.68 Å². The number of carbonyl (C=O) groups excluding carboxylic acids is 1. The summed E-state index contributed by atoms with van der Waals surface area (Å²) < 4.78 is 6.59. The van der Waals surface area contributed by atoms with Gasteiger partial charge in [-0.1, -0.05) is 25.1 Å². The summed E-state index contributed by atoms with van der Waals surface area (Å²) in [4.78, 5) is 11.3. The molecule has 1 aromatic rings. The first-order valence-corrected chi connectivity index (χ1v) is 6.51. The van der Waals surface area contributed by atoms with E-state index in [1.165, 1.54) is 11.8 Å². The van der Waals surface area contributed by atoms with E-state index in [0.717, 1.165) is 12.8 Å². The average molecular weight is 259 g/mol. The molecule has 1 heterocycles. The lowest BCUT2D eigenvalue weighted by Crippen LogP contribution is -2.13. The van der Waals surface area contributed by atoms with Crippen molar-refractivity contribution in [2.24, 2.45) is 5.73 Å². The number of unbranched alkanes of at least 4 members (excludes halogenated alkanes) is 1. The maximum atomic E-state index is 11.3. The minimum absolute atomic E-state index is 0.217. The van der Waals surface area contributed by atoms with Gasteiger partial charge < -0.3 is 10.5 Å². The first-order chi connectivity index (χ1) is 8.27. The standard InChI is InChI=1S/C9H17N5O2S/c1-2-3-6-16-8(15)7-17-9-11-12-13-14(9)5-4-10/h2-7,10H2,1H3. The van der Waals surface area contributed by atoms with Crippen LogP contribution in [0.25, 0.3) is 0 Å². The molecule has 7 nitrogen and oxygen atoms in total. The van der Waals surface area contributed by atoms with Crippen LogP contribution in [-0.2, 0) is 16.1 Å². The number of esters is 1. The normalized spacial score (nSPS) is 10.5. The van der Waals surface area contributed by atoms with Gasteiger partial charge in [-0.3, -0.25) is 4.79 Å². The number of thioether (sulfide) groups is 1. The molecule has 8 heteroatoms. The van der Waals surface area contributed by atoms with E-state index in [1.54, 1.807) is 4.68 Å². The van der Waals surface area contributed by atoms with E-state index in [-0.39, 0.29) is 11.7 Å². The maximum Gasteiger partial charge on any atom is 0.316 e. The van der Waals surface area contributed by atoms with E-state index in [2.05, 4.69) is 15.5 Å². The molecule has 0 aliphatic rings. The first-order valence-electron chi connectivity index (χ1n) is 5.52. The molecular weight excluding hydrogens is 242 g/mol. The summed E-state index contributed by atoms with van der Waals surface area (Å²) in [5.74, 6) is -0.0278. The molecule has 1 aromatic heterocycles. The van der Waals surface area contributed by atoms with Crippen LogP contribution in [0.2, 0.25) is 0 Å². The summed E-state index contributed by atoms with van der Waals surface area (Å²) in [6, 6.07) is 0. The third kappa shape index (κ3) is 5.14. The highest BCUT2D eigenvalue weighted by molar-refractivity contribution is 7.99. The van der Waals surface area contributed by atoms with Crippen molar-refractivity contribution in [1.82, 2.24) is 20.2 Å². The largest absolute Gasteiger partial charge is 0.465 e. The van der Waals surface area contributed by atoms with Gasteiger partial charge in [0.05, 0.1) is 18.9 Å². The van der Waals surface area contributed by atoms with Crippen LogP contribution in [0.5, 0.6) is 0 Å². The summed E-state index contributed by atoms with van der Waals surface area (Å²) in [5, 5.41) is 11.7. The van der Waals surface area contributed by atoms with E-state index in [1.807, 2.05) is 6.92 Å². The van der Waals surface area contributed by atoms with Crippen molar-refractivity contribution >= 4 is 17.7 Å². The molecule has 0 radical (unpaired) electrons. The van der Waals surface area contributed by atoms with Crippen molar-refractivity contribution in [1.29, 1.82) is 0 Å². The highest BCUT2D eigenvalue weighted by atomic mass is 32.2. The predicted molar refractivity (Wildman–Crippen MR) is 63.5 cm³/mol. The maximum absolute atomic E-state index is 11.3. The molecule has 96 valence electrons. The zero-order valence-electron chi connectivity index (χ0n) is 9.83. The molecule has 0 aliphatic carbocycles. The van der Waals surface area contributed by atoms with E-state index in [9.17, 15) is 4.79 Å². The summed E-state index contributed by atoms with van der Waals surface area (Å²) in [7, 11) is 0. The number of hydrogen-bond acceptors (Lipinski definition) is 7. The molecule has 0 aliphatic heterocycles. The van der Waals surface area contributed by atoms with Gasteiger partial charge in [0.2, 0.25) is 5.16 Å². The first kappa shape index (κ1) is 13.9. The van der Waals surface area contributed by atoms with E-state index in [0.29, 0.717) is 24.9 Å². The van der Waals surface area contributed by atoms with E-state index >= 15 is 0 Å². The number of nitrogens with two attached hydrogens (primary N) is 1. The number of tetrazole rings is 1. The zero-order valence-corrected chi connectivity index (χ0v) is 10.7. The van der Waals surface area contributed by atoms with Crippen molar-refractivity contribution in [2.75, 3.05) is 18.9 Å². The van der Waals surface area contributed by atoms with Gasteiger partial charge in [0.1, 0.15) is 0 Å². The van der Waals surface area contributed by atoms with Crippen LogP contribution in [0.15, 0.2) is 5.16 Å². The molecular formula is C9H17N5O2S. The highest BCUT2D eigenvalue weighted by Crippen LogP contribution is 2.13. The molecule has 0 saturated heterocycles. The quantitative estimate of drug-likeness (QED) is 0.401. The smallest absolute Gasteiger partial charge is 0.316 e. The molecule has 0 saturated carbocycles. The molecule has 2 N–H and O–H groups in total. The fourth-order valence-electron chi connectivity index (χ4n) is 1.06. The topological polar surface area (TPSA) is 95.9 Å². The average Bonchev–Trinajstić information content (AvgIpc) is 2.75. The van der Waals surface area contributed by atoms with Gasteiger partial charge >= 0.3 is 5.97 Å². The number of nitrogens with zero attached hydrogens (tertiary/aromatic N) is 4. The van der Waals surface area contributed by atoms with Gasteiger partial charge in [0, 0.05) is 6.54 Å². The van der Waals surface area contributed by atoms with E-state index in [4.69, 9.17) is 10.5 Å². The SMILES string of the molecule is CCCCOC(=O)CSc1nnnn1CCN. The van der Waals surface area contributed by atoms with Crippen molar-refractivity contribution in [2.45, 2.75) is 31.5 Å². The monoisotopic (exact) mass is 259 g/mol. The Balaban J connectivity index is 2.29. The van der Waals surface area contributed by atoms with Crippen molar-refractivity contribution in [3.63, 3.8) is 0 Å². The van der Waals surface area contributed by atoms with Gasteiger partial charge in [-0.2, -0.15) is 0 Å². The molecule has 0 atom stereocenters. The second-order valence-electron chi connectivity index (χ2n) is 3.34. The van der Waals surface area contributed by atoms with Crippen molar-refractivity contribution in [3.05, 3.63) is 0 Å². The molecule has 0 aromatic carbocycles. The van der Waals surface area contributed by atoms with Gasteiger partial charge in [0.15, 0.2) is 0 Å². The second kappa shape index (κ2) is 8.02. The van der Waals surface area contributed by atoms with Crippen LogP contribution >= 0.6 is 11.8 Å². The molecule has 0 bridgehead atoms. The Hall–Kier alpha value is -1.15. The van der Waals surface area contributed by atoms with Crippen LogP contribution in [0.3, 0.4) is 0 Å². The Morgan fingerprint density at radius 1 is 1.59 bits per heavy atom. The Morgan fingerprint density at radius 2 is 2.41 bits per heavy atom. The molecule has 17 heavy (non-hydrogen) atoms. The van der Waals surface area contributed by atoms with Crippen LogP contribution in [-0.4, -0.2) is 45.1 Å². The van der Waals surface area contributed by atoms with E-state index < -0.39 is 0 Å². The number of hydrogen-bond donors (Lipinski definition) is 1. The second-order valence-corrected chi connectivity index (χ2v) is 4.28. The predicted octanol–water partition coefficient (Wildman–Crippen LogP) is 0.0672. The zero-order chi connectivity index (χ0) is 12.5. The number of rotatable bonds is 8. The number of aromatic nitrogens is 4. The summed E-state index contributed by atoms with van der Waals surface area (Å²) in [5.41, 5.74) is 5.41. The molecule has 0 unspecified atom stereocenters. The van der Waals surface area contributed by atoms with Crippen molar-refractivity contribution < 1.29 is 9.53 Å². The molecule has 1 rings (SSSR count). The lowest BCUT2D eigenvalue weighted by molar-refractivity contribution is -0.140. The Labute approximate surface area is 104 Å². The lowest BCUT2D eigenvalue weighted by atomic mass is 10.4. The van der Waals surface area contributed by atoms with Crippen LogP contribution in [0.4, 0.5) is 0 Å². The summed E-state index contributed by atoms with van der Waals surface area (Å²) in [6.07, 6.45) is 1.90. The molecule has 0 fully saturated rings.